The Morgan fingerprint density at radius 3 is 2.73 bits per heavy atom. The normalized spacial score (nSPS) is 9.53. The molecule has 0 aliphatic heterocycles. The molecule has 0 saturated heterocycles. The Morgan fingerprint density at radius 2 is 2.20 bits per heavy atom. The average Bonchev–Trinajstić information content (AvgIpc) is 2.17. The molecule has 0 unspecified atom stereocenters. The van der Waals surface area contributed by atoms with Crippen LogP contribution in [-0.4, -0.2) is 23.1 Å². The quantitative estimate of drug-likeness (QED) is 0.472. The van der Waals surface area contributed by atoms with Crippen LogP contribution < -0.4 is 10.8 Å². The van der Waals surface area contributed by atoms with Crippen molar-refractivity contribution in [2.24, 2.45) is 0 Å². The fourth-order valence-corrected chi connectivity index (χ4v) is 1.19. The van der Waals surface area contributed by atoms with E-state index in [2.05, 4.69) is 11.9 Å². The molecule has 1 amide bonds. The van der Waals surface area contributed by atoms with E-state index in [1.165, 1.54) is 0 Å². The van der Waals surface area contributed by atoms with Gasteiger partial charge in [-0.25, -0.2) is 0 Å². The lowest BCUT2D eigenvalue weighted by atomic mass is 9.78. The molecule has 0 bridgehead atoms. The summed E-state index contributed by atoms with van der Waals surface area (Å²) in [5.74, 6) is -0.387. The number of nitrogens with one attached hydrogen (secondary N) is 1. The number of carbonyl (C=O) groups is 1. The first kappa shape index (κ1) is 11.5. The van der Waals surface area contributed by atoms with Crippen LogP contribution in [0.5, 0.6) is 0 Å². The van der Waals surface area contributed by atoms with Crippen LogP contribution in [0, 0.1) is 6.92 Å². The Morgan fingerprint density at radius 1 is 1.53 bits per heavy atom. The Kier molecular flexibility index (Phi) is 3.65. The smallest absolute Gasteiger partial charge is 0.423 e. The van der Waals surface area contributed by atoms with Crippen LogP contribution in [0.15, 0.2) is 30.9 Å². The van der Waals surface area contributed by atoms with Crippen molar-refractivity contribution in [3.05, 3.63) is 36.4 Å². The second kappa shape index (κ2) is 4.77. The van der Waals surface area contributed by atoms with Gasteiger partial charge in [-0.1, -0.05) is 18.7 Å². The summed E-state index contributed by atoms with van der Waals surface area (Å²) in [6, 6.07) is 4.95. The highest BCUT2D eigenvalue weighted by atomic mass is 16.4. The summed E-state index contributed by atoms with van der Waals surface area (Å²) < 4.78 is 0. The second-order valence-corrected chi connectivity index (χ2v) is 3.16. The lowest BCUT2D eigenvalue weighted by Gasteiger charge is -2.09. The molecule has 1 aromatic carbocycles. The number of rotatable bonds is 3. The van der Waals surface area contributed by atoms with E-state index in [1.807, 2.05) is 6.92 Å². The summed E-state index contributed by atoms with van der Waals surface area (Å²) in [5.41, 5.74) is 1.56. The topological polar surface area (TPSA) is 69.6 Å². The molecule has 0 heterocycles. The maximum atomic E-state index is 11.1. The van der Waals surface area contributed by atoms with Gasteiger partial charge in [-0.3, -0.25) is 4.79 Å². The van der Waals surface area contributed by atoms with Gasteiger partial charge in [-0.05, 0) is 24.6 Å². The van der Waals surface area contributed by atoms with Gasteiger partial charge in [0.15, 0.2) is 0 Å². The lowest BCUT2D eigenvalue weighted by Crippen LogP contribution is -2.33. The van der Waals surface area contributed by atoms with E-state index in [0.29, 0.717) is 5.69 Å². The van der Waals surface area contributed by atoms with E-state index in [4.69, 9.17) is 10.0 Å². The van der Waals surface area contributed by atoms with E-state index in [1.54, 1.807) is 18.2 Å². The number of amides is 1. The van der Waals surface area contributed by atoms with Crippen LogP contribution in [0.3, 0.4) is 0 Å². The number of hydrogen-bond donors (Lipinski definition) is 3. The largest absolute Gasteiger partial charge is 0.490 e. The van der Waals surface area contributed by atoms with Crippen LogP contribution in [0.25, 0.3) is 0 Å². The molecule has 0 spiro atoms. The predicted octanol–water partition coefficient (Wildman–Crippen LogP) is -0.201. The minimum atomic E-state index is -1.61. The Hall–Kier alpha value is -1.59. The van der Waals surface area contributed by atoms with Crippen LogP contribution >= 0.6 is 0 Å². The summed E-state index contributed by atoms with van der Waals surface area (Å²) in [6.45, 7) is 5.16. The number of anilines is 1. The van der Waals surface area contributed by atoms with Crippen molar-refractivity contribution in [1.29, 1.82) is 0 Å². The molecule has 0 aromatic heterocycles. The van der Waals surface area contributed by atoms with Gasteiger partial charge >= 0.3 is 7.12 Å². The predicted molar refractivity (Wildman–Crippen MR) is 59.8 cm³/mol. The van der Waals surface area contributed by atoms with E-state index in [9.17, 15) is 4.79 Å². The molecule has 1 rings (SSSR count). The molecule has 0 fully saturated rings. The first-order chi connectivity index (χ1) is 7.04. The molecule has 4 nitrogen and oxygen atoms in total. The van der Waals surface area contributed by atoms with E-state index < -0.39 is 7.12 Å². The lowest BCUT2D eigenvalue weighted by molar-refractivity contribution is -0.111. The first-order valence-corrected chi connectivity index (χ1v) is 4.44. The molecule has 5 heteroatoms. The second-order valence-electron chi connectivity index (χ2n) is 3.16. The SMILES string of the molecule is C=CC(=O)Nc1cc(C)ccc1B(O)O. The van der Waals surface area contributed by atoms with Crippen LogP contribution in [0.4, 0.5) is 5.69 Å². The van der Waals surface area contributed by atoms with Crippen molar-refractivity contribution in [3.63, 3.8) is 0 Å². The maximum absolute atomic E-state index is 11.1. The molecule has 15 heavy (non-hydrogen) atoms. The zero-order valence-electron chi connectivity index (χ0n) is 8.40. The number of carbonyl (C=O) groups excluding carboxylic acids is 1. The van der Waals surface area contributed by atoms with Gasteiger partial charge in [0.1, 0.15) is 0 Å². The molecule has 0 atom stereocenters. The van der Waals surface area contributed by atoms with Gasteiger partial charge in [0.25, 0.3) is 0 Å². The van der Waals surface area contributed by atoms with Gasteiger partial charge < -0.3 is 15.4 Å². The highest BCUT2D eigenvalue weighted by Gasteiger charge is 2.16. The van der Waals surface area contributed by atoms with Gasteiger partial charge in [0.2, 0.25) is 5.91 Å². The number of aryl methyl sites for hydroxylation is 1. The Bertz CT molecular complexity index is 390. The minimum Gasteiger partial charge on any atom is -0.423 e. The minimum absolute atomic E-state index is 0.260. The molecule has 78 valence electrons. The van der Waals surface area contributed by atoms with Crippen LogP contribution in [0.1, 0.15) is 5.56 Å². The van der Waals surface area contributed by atoms with Gasteiger partial charge in [-0.2, -0.15) is 0 Å². The third kappa shape index (κ3) is 2.94. The highest BCUT2D eigenvalue weighted by Crippen LogP contribution is 2.08. The third-order valence-corrected chi connectivity index (χ3v) is 1.93. The summed E-state index contributed by atoms with van der Waals surface area (Å²) >= 11 is 0. The van der Waals surface area contributed by atoms with Crippen molar-refractivity contribution in [1.82, 2.24) is 0 Å². The van der Waals surface area contributed by atoms with E-state index >= 15 is 0 Å². The zero-order valence-corrected chi connectivity index (χ0v) is 8.40. The number of benzene rings is 1. The summed E-state index contributed by atoms with van der Waals surface area (Å²) in [7, 11) is -1.61. The van der Waals surface area contributed by atoms with Crippen molar-refractivity contribution in [2.45, 2.75) is 6.92 Å². The van der Waals surface area contributed by atoms with Gasteiger partial charge in [0.05, 0.1) is 0 Å². The third-order valence-electron chi connectivity index (χ3n) is 1.93. The van der Waals surface area contributed by atoms with Crippen LogP contribution in [0.2, 0.25) is 0 Å². The molecule has 1 aromatic rings. The van der Waals surface area contributed by atoms with E-state index in [-0.39, 0.29) is 11.4 Å². The summed E-state index contributed by atoms with van der Waals surface area (Å²) in [4.78, 5) is 11.1. The summed E-state index contributed by atoms with van der Waals surface area (Å²) in [5, 5.41) is 20.6. The molecule has 0 aliphatic rings. The Labute approximate surface area is 88.4 Å². The molecule has 3 N–H and O–H groups in total. The van der Waals surface area contributed by atoms with Crippen molar-refractivity contribution in [3.8, 4) is 0 Å². The highest BCUT2D eigenvalue weighted by molar-refractivity contribution is 6.60. The van der Waals surface area contributed by atoms with Crippen LogP contribution in [-0.2, 0) is 4.79 Å². The fourth-order valence-electron chi connectivity index (χ4n) is 1.19. The molecule has 0 saturated carbocycles. The van der Waals surface area contributed by atoms with Crippen molar-refractivity contribution < 1.29 is 14.8 Å². The maximum Gasteiger partial charge on any atom is 0.490 e. The number of hydrogen-bond acceptors (Lipinski definition) is 3. The molecule has 0 aliphatic carbocycles. The standard InChI is InChI=1S/C10H12BNO3/c1-3-10(13)12-9-6-7(2)4-5-8(9)11(14)15/h3-6,14-15H,1H2,2H3,(H,12,13). The first-order valence-electron chi connectivity index (χ1n) is 4.44. The van der Waals surface area contributed by atoms with Crippen molar-refractivity contribution in [2.75, 3.05) is 5.32 Å². The molecule has 0 radical (unpaired) electrons. The van der Waals surface area contributed by atoms with Gasteiger partial charge in [0, 0.05) is 11.2 Å². The van der Waals surface area contributed by atoms with E-state index in [0.717, 1.165) is 11.6 Å². The fraction of sp³-hybridized carbons (Fsp3) is 0.100. The zero-order chi connectivity index (χ0) is 11.4. The molecular formula is C10H12BNO3. The summed E-state index contributed by atoms with van der Waals surface area (Å²) in [6.07, 6.45) is 1.12. The van der Waals surface area contributed by atoms with Gasteiger partial charge in [-0.15, -0.1) is 0 Å². The Balaban J connectivity index is 3.07. The van der Waals surface area contributed by atoms with Crippen molar-refractivity contribution >= 4 is 24.2 Å². The average molecular weight is 205 g/mol. The molecular weight excluding hydrogens is 193 g/mol. The monoisotopic (exact) mass is 205 g/mol.